The average molecular weight is 318 g/mol. The topological polar surface area (TPSA) is 54.2 Å². The minimum Gasteiger partial charge on any atom is -0.390 e. The molecular weight excluding hydrogens is 288 g/mol. The molecule has 1 N–H and O–H groups in total. The molecule has 128 valence electrons. The summed E-state index contributed by atoms with van der Waals surface area (Å²) in [4.78, 5) is 8.78. The maximum atomic E-state index is 10.3. The van der Waals surface area contributed by atoms with Crippen molar-refractivity contribution in [1.82, 2.24) is 0 Å². The van der Waals surface area contributed by atoms with Crippen LogP contribution in [0.1, 0.15) is 47.0 Å². The number of aliphatic hydroxyl groups excluding tert-OH is 1. The van der Waals surface area contributed by atoms with E-state index in [0.29, 0.717) is 13.0 Å². The van der Waals surface area contributed by atoms with Crippen LogP contribution in [0.15, 0.2) is 46.1 Å². The van der Waals surface area contributed by atoms with Gasteiger partial charge in [-0.1, -0.05) is 19.6 Å². The Morgan fingerprint density at radius 3 is 2.70 bits per heavy atom. The molecule has 4 heteroatoms. The van der Waals surface area contributed by atoms with Crippen LogP contribution in [-0.2, 0) is 4.74 Å². The fourth-order valence-corrected chi connectivity index (χ4v) is 2.39. The quantitative estimate of drug-likeness (QED) is 0.618. The van der Waals surface area contributed by atoms with Gasteiger partial charge in [0.1, 0.15) is 0 Å². The third-order valence-corrected chi connectivity index (χ3v) is 4.53. The van der Waals surface area contributed by atoms with Gasteiger partial charge >= 0.3 is 0 Å². The van der Waals surface area contributed by atoms with Crippen molar-refractivity contribution in [3.05, 3.63) is 36.1 Å². The zero-order valence-electron chi connectivity index (χ0n) is 15.1. The highest BCUT2D eigenvalue weighted by atomic mass is 16.5. The van der Waals surface area contributed by atoms with Gasteiger partial charge < -0.3 is 9.84 Å². The monoisotopic (exact) mass is 318 g/mol. The molecule has 2 atom stereocenters. The highest BCUT2D eigenvalue weighted by Crippen LogP contribution is 2.29. The van der Waals surface area contributed by atoms with Gasteiger partial charge in [-0.15, -0.1) is 0 Å². The summed E-state index contributed by atoms with van der Waals surface area (Å²) in [6, 6.07) is 0. The first-order valence-electron chi connectivity index (χ1n) is 8.19. The van der Waals surface area contributed by atoms with Crippen molar-refractivity contribution in [2.24, 2.45) is 9.98 Å². The average Bonchev–Trinajstić information content (AvgIpc) is 2.68. The van der Waals surface area contributed by atoms with Gasteiger partial charge in [0.25, 0.3) is 0 Å². The van der Waals surface area contributed by atoms with E-state index >= 15 is 0 Å². The molecule has 0 radical (unpaired) electrons. The van der Waals surface area contributed by atoms with Crippen LogP contribution in [0.5, 0.6) is 0 Å². The maximum absolute atomic E-state index is 10.3. The van der Waals surface area contributed by atoms with Crippen molar-refractivity contribution in [3.63, 3.8) is 0 Å². The summed E-state index contributed by atoms with van der Waals surface area (Å²) in [6.07, 6.45) is 7.49. The Morgan fingerprint density at radius 1 is 1.43 bits per heavy atom. The fraction of sp³-hybridized carbons (Fsp3) is 0.579. The van der Waals surface area contributed by atoms with Crippen LogP contribution in [0.25, 0.3) is 0 Å². The molecule has 4 nitrogen and oxygen atoms in total. The van der Waals surface area contributed by atoms with Gasteiger partial charge in [0, 0.05) is 7.05 Å². The first kappa shape index (κ1) is 19.5. The number of rotatable bonds is 5. The van der Waals surface area contributed by atoms with Gasteiger partial charge in [0.05, 0.1) is 35.4 Å². The van der Waals surface area contributed by atoms with Gasteiger partial charge in [-0.2, -0.15) is 0 Å². The zero-order valence-corrected chi connectivity index (χ0v) is 15.1. The second kappa shape index (κ2) is 8.94. The number of nitrogens with zero attached hydrogens (tertiary/aromatic N) is 2. The SMILES string of the molecule is C=C/C=C(\C=C1\CCC(O)C(C)(CC)OC1)N=C(C)C(C)=NC. The summed E-state index contributed by atoms with van der Waals surface area (Å²) in [6.45, 7) is 12.2. The molecule has 0 aromatic rings. The molecule has 2 unspecified atom stereocenters. The van der Waals surface area contributed by atoms with E-state index < -0.39 is 11.7 Å². The highest BCUT2D eigenvalue weighted by molar-refractivity contribution is 6.40. The summed E-state index contributed by atoms with van der Waals surface area (Å²) in [5.41, 5.74) is 3.28. The molecule has 1 saturated heterocycles. The Morgan fingerprint density at radius 2 is 2.13 bits per heavy atom. The molecule has 1 aliphatic rings. The van der Waals surface area contributed by atoms with Crippen molar-refractivity contribution in [2.45, 2.75) is 58.7 Å². The minimum absolute atomic E-state index is 0.440. The van der Waals surface area contributed by atoms with E-state index in [0.717, 1.165) is 35.5 Å². The van der Waals surface area contributed by atoms with Crippen LogP contribution in [0.4, 0.5) is 0 Å². The van der Waals surface area contributed by atoms with Crippen molar-refractivity contribution in [2.75, 3.05) is 13.7 Å². The maximum Gasteiger partial charge on any atom is 0.0914 e. The third kappa shape index (κ3) is 5.56. The molecular formula is C19H30N2O2. The lowest BCUT2D eigenvalue weighted by atomic mass is 9.92. The number of aliphatic imine (C=N–C) groups is 2. The normalized spacial score (nSPS) is 29.6. The van der Waals surface area contributed by atoms with Gasteiger partial charge in [-0.05, 0) is 57.8 Å². The molecule has 0 aromatic heterocycles. The summed E-state index contributed by atoms with van der Waals surface area (Å²) >= 11 is 0. The molecule has 1 fully saturated rings. The fourth-order valence-electron chi connectivity index (χ4n) is 2.39. The van der Waals surface area contributed by atoms with Crippen LogP contribution >= 0.6 is 0 Å². The van der Waals surface area contributed by atoms with Crippen molar-refractivity contribution >= 4 is 11.4 Å². The number of hydrogen-bond acceptors (Lipinski definition) is 4. The largest absolute Gasteiger partial charge is 0.390 e. The van der Waals surface area contributed by atoms with Crippen LogP contribution in [0, 0.1) is 0 Å². The van der Waals surface area contributed by atoms with Crippen LogP contribution in [-0.4, -0.2) is 41.9 Å². The number of allylic oxidation sites excluding steroid dienone is 3. The first-order valence-corrected chi connectivity index (χ1v) is 8.19. The zero-order chi connectivity index (χ0) is 17.5. The van der Waals surface area contributed by atoms with Crippen molar-refractivity contribution in [3.8, 4) is 0 Å². The molecule has 0 aliphatic carbocycles. The summed E-state index contributed by atoms with van der Waals surface area (Å²) < 4.78 is 5.97. The Kier molecular flexibility index (Phi) is 7.59. The highest BCUT2D eigenvalue weighted by Gasteiger charge is 2.34. The van der Waals surface area contributed by atoms with E-state index in [4.69, 9.17) is 4.74 Å². The Balaban J connectivity index is 3.02. The van der Waals surface area contributed by atoms with E-state index in [9.17, 15) is 5.11 Å². The second-order valence-corrected chi connectivity index (χ2v) is 6.15. The number of ether oxygens (including phenoxy) is 1. The molecule has 0 saturated carbocycles. The molecule has 0 bridgehead atoms. The Labute approximate surface area is 140 Å². The third-order valence-electron chi connectivity index (χ3n) is 4.53. The predicted molar refractivity (Wildman–Crippen MR) is 98.4 cm³/mol. The van der Waals surface area contributed by atoms with E-state index in [1.165, 1.54) is 0 Å². The second-order valence-electron chi connectivity index (χ2n) is 6.15. The summed E-state index contributed by atoms with van der Waals surface area (Å²) in [5, 5.41) is 10.3. The summed E-state index contributed by atoms with van der Waals surface area (Å²) in [7, 11) is 1.76. The van der Waals surface area contributed by atoms with E-state index in [2.05, 4.69) is 16.6 Å². The van der Waals surface area contributed by atoms with Gasteiger partial charge in [0.2, 0.25) is 0 Å². The molecule has 0 aromatic carbocycles. The van der Waals surface area contributed by atoms with E-state index in [1.54, 1.807) is 13.1 Å². The predicted octanol–water partition coefficient (Wildman–Crippen LogP) is 3.87. The van der Waals surface area contributed by atoms with Crippen LogP contribution < -0.4 is 0 Å². The lowest BCUT2D eigenvalue weighted by molar-refractivity contribution is -0.100. The van der Waals surface area contributed by atoms with Crippen molar-refractivity contribution in [1.29, 1.82) is 0 Å². The van der Waals surface area contributed by atoms with Crippen LogP contribution in [0.3, 0.4) is 0 Å². The van der Waals surface area contributed by atoms with Gasteiger partial charge in [-0.3, -0.25) is 9.98 Å². The Bertz CT molecular complexity index is 544. The van der Waals surface area contributed by atoms with E-state index in [1.807, 2.05) is 39.8 Å². The van der Waals surface area contributed by atoms with Crippen molar-refractivity contribution < 1.29 is 9.84 Å². The smallest absolute Gasteiger partial charge is 0.0914 e. The molecule has 0 spiro atoms. The van der Waals surface area contributed by atoms with E-state index in [-0.39, 0.29) is 0 Å². The lowest BCUT2D eigenvalue weighted by Crippen LogP contribution is -2.40. The van der Waals surface area contributed by atoms with Crippen LogP contribution in [0.2, 0.25) is 0 Å². The Hall–Kier alpha value is -1.52. The number of aliphatic hydroxyl groups is 1. The molecule has 23 heavy (non-hydrogen) atoms. The molecule has 0 amide bonds. The minimum atomic E-state index is -0.470. The number of hydrogen-bond donors (Lipinski definition) is 1. The standard InChI is InChI=1S/C19H30N2O2/c1-7-9-17(21-15(4)14(3)20-6)12-16-10-11-18(22)19(5,8-2)23-13-16/h7,9,12,18,22H,1,8,10-11,13H2,2-6H3/b16-12-,17-9+,20-14?,21-15?. The first-order chi connectivity index (χ1) is 10.9. The van der Waals surface area contributed by atoms with Gasteiger partial charge in [0.15, 0.2) is 0 Å². The van der Waals surface area contributed by atoms with Gasteiger partial charge in [-0.25, -0.2) is 0 Å². The molecule has 1 heterocycles. The lowest BCUT2D eigenvalue weighted by Gasteiger charge is -2.31. The molecule has 1 aliphatic heterocycles. The molecule has 1 rings (SSSR count). The summed E-state index contributed by atoms with van der Waals surface area (Å²) in [5.74, 6) is 0.